The zero-order valence-electron chi connectivity index (χ0n) is 18.2. The van der Waals surface area contributed by atoms with E-state index >= 15 is 0 Å². The lowest BCUT2D eigenvalue weighted by atomic mass is 10.0. The van der Waals surface area contributed by atoms with E-state index in [0.29, 0.717) is 11.4 Å². The Kier molecular flexibility index (Phi) is 5.55. The first-order chi connectivity index (χ1) is 15.6. The molecule has 2 aliphatic heterocycles. The maximum Gasteiger partial charge on any atom is 0.269 e. The minimum atomic E-state index is -0.493. The van der Waals surface area contributed by atoms with Crippen LogP contribution in [0.15, 0.2) is 48.5 Å². The van der Waals surface area contributed by atoms with Gasteiger partial charge >= 0.3 is 0 Å². The summed E-state index contributed by atoms with van der Waals surface area (Å²) < 4.78 is 7.62. The van der Waals surface area contributed by atoms with Crippen molar-refractivity contribution in [2.24, 2.45) is 5.73 Å². The van der Waals surface area contributed by atoms with Crippen molar-refractivity contribution in [1.29, 1.82) is 0 Å². The van der Waals surface area contributed by atoms with Crippen molar-refractivity contribution in [2.75, 3.05) is 38.0 Å². The molecule has 1 fully saturated rings. The molecule has 1 amide bonds. The second-order valence-corrected chi connectivity index (χ2v) is 8.31. The van der Waals surface area contributed by atoms with E-state index in [1.165, 1.54) is 0 Å². The van der Waals surface area contributed by atoms with Crippen LogP contribution < -0.4 is 21.1 Å². The average Bonchev–Trinajstić information content (AvgIpc) is 3.20. The maximum atomic E-state index is 12.4. The fourth-order valence-electron chi connectivity index (χ4n) is 4.55. The van der Waals surface area contributed by atoms with Crippen LogP contribution in [0.3, 0.4) is 0 Å². The average molecular weight is 433 g/mol. The van der Waals surface area contributed by atoms with Gasteiger partial charge in [-0.25, -0.2) is 4.68 Å². The van der Waals surface area contributed by atoms with Gasteiger partial charge in [-0.2, -0.15) is 5.10 Å². The van der Waals surface area contributed by atoms with E-state index in [-0.39, 0.29) is 6.04 Å². The van der Waals surface area contributed by atoms with Crippen LogP contribution in [0.5, 0.6) is 11.5 Å². The Balaban J connectivity index is 1.46. The first-order valence-corrected chi connectivity index (χ1v) is 11.1. The van der Waals surface area contributed by atoms with Crippen molar-refractivity contribution in [3.05, 3.63) is 65.5 Å². The highest BCUT2D eigenvalue weighted by Crippen LogP contribution is 2.37. The number of rotatable bonds is 5. The lowest BCUT2D eigenvalue weighted by Gasteiger charge is -2.36. The first kappa shape index (κ1) is 20.5. The number of nitrogens with one attached hydrogen (secondary N) is 2. The summed E-state index contributed by atoms with van der Waals surface area (Å²) in [6.07, 6.45) is 0.950. The summed E-state index contributed by atoms with van der Waals surface area (Å²) in [7, 11) is 0. The van der Waals surface area contributed by atoms with Gasteiger partial charge in [-0.05, 0) is 55.3 Å². The minimum Gasteiger partial charge on any atom is -0.457 e. The zero-order valence-corrected chi connectivity index (χ0v) is 18.2. The number of hydrogen-bond acceptors (Lipinski definition) is 6. The van der Waals surface area contributed by atoms with Crippen LogP contribution in [0, 0.1) is 6.92 Å². The highest BCUT2D eigenvalue weighted by atomic mass is 16.5. The highest BCUT2D eigenvalue weighted by Gasteiger charge is 2.34. The van der Waals surface area contributed by atoms with Gasteiger partial charge in [0, 0.05) is 32.7 Å². The Morgan fingerprint density at radius 3 is 2.59 bits per heavy atom. The Labute approximate surface area is 187 Å². The fourth-order valence-corrected chi connectivity index (χ4v) is 4.55. The summed E-state index contributed by atoms with van der Waals surface area (Å²) in [5, 5.41) is 11.6. The number of amides is 1. The number of carbonyl (C=O) groups excluding carboxylic acids is 1. The van der Waals surface area contributed by atoms with E-state index in [1.807, 2.05) is 55.5 Å². The summed E-state index contributed by atoms with van der Waals surface area (Å²) in [5.74, 6) is 1.01. The smallest absolute Gasteiger partial charge is 0.269 e. The number of hydrogen-bond donors (Lipinski definition) is 3. The third-order valence-corrected chi connectivity index (χ3v) is 6.08. The van der Waals surface area contributed by atoms with Gasteiger partial charge in [-0.1, -0.05) is 12.1 Å². The van der Waals surface area contributed by atoms with Gasteiger partial charge in [0.2, 0.25) is 0 Å². The molecule has 0 radical (unpaired) electrons. The molecule has 2 aliphatic rings. The zero-order chi connectivity index (χ0) is 22.1. The normalized spacial score (nSPS) is 18.6. The second-order valence-electron chi connectivity index (χ2n) is 8.31. The predicted molar refractivity (Wildman–Crippen MR) is 124 cm³/mol. The fraction of sp³-hybridized carbons (Fsp3) is 0.333. The Bertz CT molecular complexity index is 1120. The van der Waals surface area contributed by atoms with Gasteiger partial charge < -0.3 is 21.1 Å². The molecule has 0 bridgehead atoms. The van der Waals surface area contributed by atoms with Crippen molar-refractivity contribution >= 4 is 11.6 Å². The number of anilines is 1. The molecule has 3 aromatic rings. The Morgan fingerprint density at radius 2 is 1.88 bits per heavy atom. The summed E-state index contributed by atoms with van der Waals surface area (Å²) in [5.41, 5.74) is 9.76. The van der Waals surface area contributed by atoms with Gasteiger partial charge in [0.15, 0.2) is 5.69 Å². The minimum absolute atomic E-state index is 0.177. The van der Waals surface area contributed by atoms with Crippen LogP contribution in [-0.4, -0.2) is 53.3 Å². The molecule has 1 aromatic heterocycles. The molecule has 0 aliphatic carbocycles. The number of carbonyl (C=O) groups is 1. The molecule has 5 rings (SSSR count). The lowest BCUT2D eigenvalue weighted by molar-refractivity contribution is 0.0993. The molecule has 2 aromatic carbocycles. The molecular formula is C24H28N6O2. The molecule has 0 saturated carbocycles. The number of aryl methyl sites for hydroxylation is 1. The van der Waals surface area contributed by atoms with Crippen LogP contribution in [0.1, 0.15) is 34.2 Å². The molecule has 1 atom stereocenters. The number of nitrogens with zero attached hydrogens (tertiary/aromatic N) is 3. The summed E-state index contributed by atoms with van der Waals surface area (Å²) in [4.78, 5) is 14.9. The van der Waals surface area contributed by atoms with Gasteiger partial charge in [-0.3, -0.25) is 9.69 Å². The van der Waals surface area contributed by atoms with E-state index < -0.39 is 5.91 Å². The molecule has 4 N–H and O–H groups in total. The summed E-state index contributed by atoms with van der Waals surface area (Å²) in [6, 6.07) is 15.6. The standard InChI is InChI=1S/C24H28N6O2/c1-16-3-2-4-19(15-16)32-18-7-5-17(6-8-18)30-23(24(25)31)22-21(28-30)20(9-10-27-22)29-13-11-26-12-14-29/h2-8,15,20,26-27H,9-14H2,1H3,(H2,25,31)/t20-/m0/s1. The number of primary amides is 1. The number of fused-ring (bicyclic) bond motifs is 1. The van der Waals surface area contributed by atoms with E-state index in [9.17, 15) is 4.79 Å². The molecule has 166 valence electrons. The number of aromatic nitrogens is 2. The van der Waals surface area contributed by atoms with E-state index in [2.05, 4.69) is 15.5 Å². The first-order valence-electron chi connectivity index (χ1n) is 11.1. The highest BCUT2D eigenvalue weighted by molar-refractivity contribution is 5.98. The maximum absolute atomic E-state index is 12.4. The number of nitrogens with two attached hydrogens (primary N) is 1. The van der Waals surface area contributed by atoms with Gasteiger partial charge in [0.25, 0.3) is 5.91 Å². The van der Waals surface area contributed by atoms with E-state index in [0.717, 1.165) is 67.5 Å². The van der Waals surface area contributed by atoms with Crippen LogP contribution in [-0.2, 0) is 0 Å². The topological polar surface area (TPSA) is 97.4 Å². The quantitative estimate of drug-likeness (QED) is 0.574. The molecular weight excluding hydrogens is 404 g/mol. The second kappa shape index (κ2) is 8.64. The SMILES string of the molecule is Cc1cccc(Oc2ccc(-n3nc4c(c3C(N)=O)NCC[C@@H]4N3CCNCC3)cc2)c1. The van der Waals surface area contributed by atoms with Crippen molar-refractivity contribution < 1.29 is 9.53 Å². The number of piperazine rings is 1. The van der Waals surface area contributed by atoms with E-state index in [1.54, 1.807) is 4.68 Å². The summed E-state index contributed by atoms with van der Waals surface area (Å²) >= 11 is 0. The molecule has 0 spiro atoms. The largest absolute Gasteiger partial charge is 0.457 e. The third-order valence-electron chi connectivity index (χ3n) is 6.08. The van der Waals surface area contributed by atoms with Crippen molar-refractivity contribution in [3.63, 3.8) is 0 Å². The monoisotopic (exact) mass is 432 g/mol. The summed E-state index contributed by atoms with van der Waals surface area (Å²) in [6.45, 7) is 6.68. The van der Waals surface area contributed by atoms with Crippen LogP contribution >= 0.6 is 0 Å². The molecule has 0 unspecified atom stereocenters. The predicted octanol–water partition coefficient (Wildman–Crippen LogP) is 2.83. The molecule has 8 nitrogen and oxygen atoms in total. The number of ether oxygens (including phenoxy) is 1. The van der Waals surface area contributed by atoms with Gasteiger partial charge in [0.1, 0.15) is 17.2 Å². The van der Waals surface area contributed by atoms with Crippen molar-refractivity contribution in [1.82, 2.24) is 20.0 Å². The van der Waals surface area contributed by atoms with Crippen LogP contribution in [0.2, 0.25) is 0 Å². The molecule has 32 heavy (non-hydrogen) atoms. The Hall–Kier alpha value is -3.36. The van der Waals surface area contributed by atoms with Crippen LogP contribution in [0.4, 0.5) is 5.69 Å². The van der Waals surface area contributed by atoms with Crippen LogP contribution in [0.25, 0.3) is 5.69 Å². The molecule has 8 heteroatoms. The van der Waals surface area contributed by atoms with Crippen molar-refractivity contribution in [2.45, 2.75) is 19.4 Å². The lowest BCUT2D eigenvalue weighted by Crippen LogP contribution is -2.46. The van der Waals surface area contributed by atoms with Gasteiger partial charge in [-0.15, -0.1) is 0 Å². The Morgan fingerprint density at radius 1 is 1.09 bits per heavy atom. The van der Waals surface area contributed by atoms with Gasteiger partial charge in [0.05, 0.1) is 17.4 Å². The molecule has 1 saturated heterocycles. The van der Waals surface area contributed by atoms with E-state index in [4.69, 9.17) is 15.6 Å². The number of benzene rings is 2. The molecule has 3 heterocycles. The van der Waals surface area contributed by atoms with Crippen molar-refractivity contribution in [3.8, 4) is 17.2 Å². The third kappa shape index (κ3) is 3.94.